The molecule has 1 N–H and O–H groups in total. The van der Waals surface area contributed by atoms with Gasteiger partial charge in [0, 0.05) is 23.2 Å². The van der Waals surface area contributed by atoms with Crippen LogP contribution in [0.5, 0.6) is 0 Å². The highest BCUT2D eigenvalue weighted by Crippen LogP contribution is 2.33. The summed E-state index contributed by atoms with van der Waals surface area (Å²) in [5.41, 5.74) is 4.29. The van der Waals surface area contributed by atoms with Gasteiger partial charge < -0.3 is 9.84 Å². The molecule has 2 aromatic carbocycles. The third-order valence-corrected chi connectivity index (χ3v) is 5.99. The van der Waals surface area contributed by atoms with Gasteiger partial charge in [-0.25, -0.2) is 13.5 Å². The molecule has 174 valence electrons. The molecule has 0 aliphatic heterocycles. The monoisotopic (exact) mass is 463 g/mol. The van der Waals surface area contributed by atoms with Gasteiger partial charge in [0.15, 0.2) is 23.2 Å². The van der Waals surface area contributed by atoms with Crippen LogP contribution in [0, 0.1) is 18.6 Å². The summed E-state index contributed by atoms with van der Waals surface area (Å²) in [7, 11) is 0. The van der Waals surface area contributed by atoms with Gasteiger partial charge in [0.1, 0.15) is 0 Å². The van der Waals surface area contributed by atoms with Crippen LogP contribution >= 0.6 is 0 Å². The smallest absolute Gasteiger partial charge is 0.276 e. The van der Waals surface area contributed by atoms with Crippen LogP contribution < -0.4 is 5.32 Å². The van der Waals surface area contributed by atoms with Gasteiger partial charge in [0.05, 0.1) is 16.9 Å². The number of nitrogens with one attached hydrogen (secondary N) is 1. The largest absolute Gasteiger partial charge is 0.334 e. The molecule has 0 bridgehead atoms. The zero-order valence-corrected chi connectivity index (χ0v) is 19.0. The molecular formula is C25H23F2N5O2. The number of carbonyl (C=O) groups excluding carboxylic acids is 1. The third-order valence-electron chi connectivity index (χ3n) is 5.99. The van der Waals surface area contributed by atoms with E-state index in [9.17, 15) is 13.6 Å². The number of aromatic nitrogens is 4. The first-order chi connectivity index (χ1) is 16.3. The van der Waals surface area contributed by atoms with Gasteiger partial charge in [-0.15, -0.1) is 0 Å². The zero-order chi connectivity index (χ0) is 24.0. The maximum atomic E-state index is 13.9. The van der Waals surface area contributed by atoms with E-state index in [1.807, 2.05) is 39.0 Å². The third kappa shape index (κ3) is 3.76. The second kappa shape index (κ2) is 8.48. The number of halogens is 2. The minimum Gasteiger partial charge on any atom is -0.334 e. The fourth-order valence-electron chi connectivity index (χ4n) is 4.21. The van der Waals surface area contributed by atoms with Crippen LogP contribution in [0.2, 0.25) is 0 Å². The lowest BCUT2D eigenvalue weighted by atomic mass is 10.1. The minimum atomic E-state index is -0.962. The van der Waals surface area contributed by atoms with Gasteiger partial charge >= 0.3 is 0 Å². The number of amides is 1. The van der Waals surface area contributed by atoms with Crippen LogP contribution in [0.4, 0.5) is 14.5 Å². The lowest BCUT2D eigenvalue weighted by Gasteiger charge is -2.11. The molecule has 0 fully saturated rings. The van der Waals surface area contributed by atoms with E-state index >= 15 is 0 Å². The first-order valence-electron chi connectivity index (χ1n) is 11.1. The molecule has 7 nitrogen and oxygen atoms in total. The van der Waals surface area contributed by atoms with Gasteiger partial charge in [0.2, 0.25) is 0 Å². The summed E-state index contributed by atoms with van der Waals surface area (Å²) in [6.07, 6.45) is 2.24. The predicted molar refractivity (Wildman–Crippen MR) is 122 cm³/mol. The van der Waals surface area contributed by atoms with Crippen LogP contribution in [0.3, 0.4) is 0 Å². The average Bonchev–Trinajstić information content (AvgIpc) is 3.53. The van der Waals surface area contributed by atoms with Crippen molar-refractivity contribution in [3.63, 3.8) is 0 Å². The molecule has 0 spiro atoms. The first-order valence-corrected chi connectivity index (χ1v) is 11.1. The number of fused-ring (bicyclic) bond motifs is 1. The number of para-hydroxylation sites is 1. The van der Waals surface area contributed by atoms with Crippen molar-refractivity contribution in [1.29, 1.82) is 0 Å². The fraction of sp³-hybridized carbons (Fsp3) is 0.280. The topological polar surface area (TPSA) is 85.8 Å². The predicted octanol–water partition coefficient (Wildman–Crippen LogP) is 5.37. The Hall–Kier alpha value is -3.88. The van der Waals surface area contributed by atoms with Gasteiger partial charge in [-0.05, 0) is 49.9 Å². The second-order valence-electron chi connectivity index (χ2n) is 8.70. The molecule has 0 atom stereocenters. The quantitative estimate of drug-likeness (QED) is 0.430. The van der Waals surface area contributed by atoms with E-state index in [0.29, 0.717) is 41.5 Å². The number of aryl methyl sites for hydroxylation is 1. The molecule has 9 heteroatoms. The Morgan fingerprint density at radius 2 is 1.97 bits per heavy atom. The van der Waals surface area contributed by atoms with Gasteiger partial charge in [-0.2, -0.15) is 10.1 Å². The number of benzene rings is 2. The summed E-state index contributed by atoms with van der Waals surface area (Å²) in [5.74, 6) is -1.28. The maximum absolute atomic E-state index is 13.9. The average molecular weight is 463 g/mol. The van der Waals surface area contributed by atoms with Crippen LogP contribution in [0.15, 0.2) is 40.9 Å². The van der Waals surface area contributed by atoms with E-state index in [1.165, 1.54) is 10.7 Å². The molecule has 5 rings (SSSR count). The van der Waals surface area contributed by atoms with E-state index in [0.717, 1.165) is 35.4 Å². The highest BCUT2D eigenvalue weighted by atomic mass is 19.2. The molecule has 1 aliphatic rings. The molecule has 4 aromatic rings. The molecule has 0 radical (unpaired) electrons. The molecular weight excluding hydrogens is 440 g/mol. The van der Waals surface area contributed by atoms with Crippen molar-refractivity contribution in [2.45, 2.75) is 46.0 Å². The standard InChI is InChI=1S/C25H23F2N5O2/c1-13(2)23-29-25(34-31-23)17-8-4-6-14(3)21(17)28-24(33)22-16-7-5-9-20(16)32(30-22)15-10-11-18(26)19(27)12-15/h4,6,8,10-13H,5,7,9H2,1-3H3,(H,28,33). The summed E-state index contributed by atoms with van der Waals surface area (Å²) in [4.78, 5) is 17.9. The Balaban J connectivity index is 1.52. The Bertz CT molecular complexity index is 1410. The number of hydrogen-bond acceptors (Lipinski definition) is 5. The highest BCUT2D eigenvalue weighted by molar-refractivity contribution is 6.06. The second-order valence-corrected chi connectivity index (χ2v) is 8.70. The number of rotatable bonds is 5. The molecule has 0 unspecified atom stereocenters. The number of hydrogen-bond donors (Lipinski definition) is 1. The van der Waals surface area contributed by atoms with Crippen molar-refractivity contribution in [2.75, 3.05) is 5.32 Å². The Morgan fingerprint density at radius 3 is 2.71 bits per heavy atom. The van der Waals surface area contributed by atoms with E-state index < -0.39 is 17.5 Å². The molecule has 0 saturated heterocycles. The summed E-state index contributed by atoms with van der Waals surface area (Å²) < 4.78 is 34.3. The number of carbonyl (C=O) groups is 1. The summed E-state index contributed by atoms with van der Waals surface area (Å²) in [6.45, 7) is 5.82. The molecule has 1 amide bonds. The number of nitrogens with zero attached hydrogens (tertiary/aromatic N) is 4. The highest BCUT2D eigenvalue weighted by Gasteiger charge is 2.28. The Kier molecular flexibility index (Phi) is 5.47. The van der Waals surface area contributed by atoms with Gasteiger partial charge in [-0.3, -0.25) is 4.79 Å². The van der Waals surface area contributed by atoms with Crippen LogP contribution in [-0.4, -0.2) is 25.8 Å². The van der Waals surface area contributed by atoms with Gasteiger partial charge in [0.25, 0.3) is 11.8 Å². The lowest BCUT2D eigenvalue weighted by molar-refractivity contribution is 0.102. The normalized spacial score (nSPS) is 12.9. The molecule has 2 heterocycles. The lowest BCUT2D eigenvalue weighted by Crippen LogP contribution is -2.16. The van der Waals surface area contributed by atoms with Crippen molar-refractivity contribution >= 4 is 11.6 Å². The van der Waals surface area contributed by atoms with Crippen molar-refractivity contribution < 1.29 is 18.1 Å². The van der Waals surface area contributed by atoms with Crippen LogP contribution in [-0.2, 0) is 12.8 Å². The molecule has 2 aromatic heterocycles. The Morgan fingerprint density at radius 1 is 1.15 bits per heavy atom. The SMILES string of the molecule is Cc1cccc(-c2nc(C(C)C)no2)c1NC(=O)c1nn(-c2ccc(F)c(F)c2)c2c1CCC2. The van der Waals surface area contributed by atoms with Crippen molar-refractivity contribution in [3.8, 4) is 17.1 Å². The van der Waals surface area contributed by atoms with E-state index in [4.69, 9.17) is 4.52 Å². The maximum Gasteiger partial charge on any atom is 0.276 e. The van der Waals surface area contributed by atoms with Crippen molar-refractivity contribution in [3.05, 3.63) is 76.4 Å². The summed E-state index contributed by atoms with van der Waals surface area (Å²) >= 11 is 0. The zero-order valence-electron chi connectivity index (χ0n) is 19.0. The molecule has 0 saturated carbocycles. The summed E-state index contributed by atoms with van der Waals surface area (Å²) in [5, 5.41) is 11.5. The van der Waals surface area contributed by atoms with Crippen molar-refractivity contribution in [1.82, 2.24) is 19.9 Å². The van der Waals surface area contributed by atoms with Gasteiger partial charge in [-0.1, -0.05) is 31.1 Å². The number of anilines is 1. The van der Waals surface area contributed by atoms with Crippen molar-refractivity contribution in [2.24, 2.45) is 0 Å². The first kappa shape index (κ1) is 21.9. The van der Waals surface area contributed by atoms with Crippen LogP contribution in [0.1, 0.15) is 59.3 Å². The summed E-state index contributed by atoms with van der Waals surface area (Å²) in [6, 6.07) is 9.14. The van der Waals surface area contributed by atoms with Crippen LogP contribution in [0.25, 0.3) is 17.1 Å². The Labute approximate surface area is 194 Å². The van der Waals surface area contributed by atoms with E-state index in [1.54, 1.807) is 0 Å². The van der Waals surface area contributed by atoms with E-state index in [2.05, 4.69) is 20.6 Å². The minimum absolute atomic E-state index is 0.100. The molecule has 1 aliphatic carbocycles. The van der Waals surface area contributed by atoms with E-state index in [-0.39, 0.29) is 11.6 Å². The fourth-order valence-corrected chi connectivity index (χ4v) is 4.21. The molecule has 34 heavy (non-hydrogen) atoms.